The van der Waals surface area contributed by atoms with E-state index in [0.717, 1.165) is 6.07 Å². The van der Waals surface area contributed by atoms with Crippen molar-refractivity contribution in [3.8, 4) is 0 Å². The highest BCUT2D eigenvalue weighted by Gasteiger charge is 2.31. The first-order valence-corrected chi connectivity index (χ1v) is 6.47. The molecule has 0 bridgehead atoms. The molecule has 0 aromatic heterocycles. The molecular formula is C12H11F3O4S. The van der Waals surface area contributed by atoms with Gasteiger partial charge in [-0.15, -0.1) is 11.8 Å². The zero-order valence-electron chi connectivity index (χ0n) is 10.4. The molecule has 1 aromatic carbocycles. The Kier molecular flexibility index (Phi) is 5.43. The number of hydrogen-bond acceptors (Lipinski definition) is 4. The van der Waals surface area contributed by atoms with Crippen LogP contribution in [0.25, 0.3) is 0 Å². The number of halogens is 3. The maximum Gasteiger partial charge on any atom is 0.416 e. The number of ether oxygens (including phenoxy) is 1. The number of carboxylic acids is 1. The van der Waals surface area contributed by atoms with Crippen LogP contribution < -0.4 is 0 Å². The van der Waals surface area contributed by atoms with Gasteiger partial charge in [0.1, 0.15) is 0 Å². The molecule has 0 unspecified atom stereocenters. The lowest BCUT2D eigenvalue weighted by Crippen LogP contribution is -2.10. The SMILES string of the molecule is CCOC(=O)CSc1cc(C(F)(F)F)ccc1C(=O)O. The van der Waals surface area contributed by atoms with E-state index in [2.05, 4.69) is 4.74 Å². The number of hydrogen-bond donors (Lipinski definition) is 1. The van der Waals surface area contributed by atoms with Crippen LogP contribution in [-0.4, -0.2) is 29.4 Å². The lowest BCUT2D eigenvalue weighted by molar-refractivity contribution is -0.140. The summed E-state index contributed by atoms with van der Waals surface area (Å²) in [4.78, 5) is 22.0. The molecule has 0 aliphatic heterocycles. The molecule has 0 saturated carbocycles. The van der Waals surface area contributed by atoms with E-state index in [1.807, 2.05) is 0 Å². The Morgan fingerprint density at radius 3 is 2.50 bits per heavy atom. The predicted molar refractivity (Wildman–Crippen MR) is 65.8 cm³/mol. The Bertz CT molecular complexity index is 514. The Morgan fingerprint density at radius 1 is 1.35 bits per heavy atom. The summed E-state index contributed by atoms with van der Waals surface area (Å²) in [6.45, 7) is 1.74. The van der Waals surface area contributed by atoms with Crippen molar-refractivity contribution in [1.82, 2.24) is 0 Å². The van der Waals surface area contributed by atoms with Gasteiger partial charge in [-0.1, -0.05) is 0 Å². The number of alkyl halides is 3. The molecule has 20 heavy (non-hydrogen) atoms. The van der Waals surface area contributed by atoms with Gasteiger partial charge >= 0.3 is 18.1 Å². The minimum absolute atomic E-state index is 0.125. The van der Waals surface area contributed by atoms with Crippen LogP contribution in [0.2, 0.25) is 0 Å². The van der Waals surface area contributed by atoms with Crippen LogP contribution in [-0.2, 0) is 15.7 Å². The molecule has 0 spiro atoms. The van der Waals surface area contributed by atoms with Crippen molar-refractivity contribution < 1.29 is 32.6 Å². The maximum absolute atomic E-state index is 12.6. The van der Waals surface area contributed by atoms with Gasteiger partial charge in [0.15, 0.2) is 0 Å². The molecule has 0 saturated heterocycles. The molecule has 110 valence electrons. The number of aromatic carboxylic acids is 1. The zero-order valence-corrected chi connectivity index (χ0v) is 11.2. The van der Waals surface area contributed by atoms with Gasteiger partial charge in [0.25, 0.3) is 0 Å². The molecule has 0 amide bonds. The van der Waals surface area contributed by atoms with Crippen LogP contribution >= 0.6 is 11.8 Å². The van der Waals surface area contributed by atoms with Crippen molar-refractivity contribution in [3.63, 3.8) is 0 Å². The third-order valence-electron chi connectivity index (χ3n) is 2.19. The van der Waals surface area contributed by atoms with Gasteiger partial charge in [-0.05, 0) is 25.1 Å². The van der Waals surface area contributed by atoms with Crippen LogP contribution in [0.1, 0.15) is 22.8 Å². The third kappa shape index (κ3) is 4.44. The van der Waals surface area contributed by atoms with Crippen LogP contribution in [0.15, 0.2) is 23.1 Å². The fraction of sp³-hybridized carbons (Fsp3) is 0.333. The first kappa shape index (κ1) is 16.4. The van der Waals surface area contributed by atoms with E-state index in [9.17, 15) is 22.8 Å². The summed E-state index contributed by atoms with van der Waals surface area (Å²) in [6, 6.07) is 2.28. The van der Waals surface area contributed by atoms with Crippen molar-refractivity contribution in [2.24, 2.45) is 0 Å². The molecule has 8 heteroatoms. The normalized spacial score (nSPS) is 11.2. The predicted octanol–water partition coefficient (Wildman–Crippen LogP) is 3.06. The molecule has 1 rings (SSSR count). The number of rotatable bonds is 5. The molecule has 1 aromatic rings. The molecule has 4 nitrogen and oxygen atoms in total. The highest BCUT2D eigenvalue weighted by Crippen LogP contribution is 2.33. The second kappa shape index (κ2) is 6.65. The summed E-state index contributed by atoms with van der Waals surface area (Å²) in [5.74, 6) is -2.23. The van der Waals surface area contributed by atoms with E-state index >= 15 is 0 Å². The molecule has 0 aliphatic rings. The lowest BCUT2D eigenvalue weighted by Gasteiger charge is -2.11. The smallest absolute Gasteiger partial charge is 0.416 e. The Hall–Kier alpha value is -1.70. The van der Waals surface area contributed by atoms with Crippen molar-refractivity contribution in [3.05, 3.63) is 29.3 Å². The number of esters is 1. The van der Waals surface area contributed by atoms with Crippen LogP contribution in [0.5, 0.6) is 0 Å². The number of thioether (sulfide) groups is 1. The van der Waals surface area contributed by atoms with E-state index in [1.54, 1.807) is 6.92 Å². The van der Waals surface area contributed by atoms with Crippen LogP contribution in [0.3, 0.4) is 0 Å². The van der Waals surface area contributed by atoms with Gasteiger partial charge < -0.3 is 9.84 Å². The van der Waals surface area contributed by atoms with E-state index < -0.39 is 23.7 Å². The second-order valence-corrected chi connectivity index (χ2v) is 4.62. The van der Waals surface area contributed by atoms with Crippen molar-refractivity contribution in [1.29, 1.82) is 0 Å². The molecular weight excluding hydrogens is 297 g/mol. The number of carbonyl (C=O) groups excluding carboxylic acids is 1. The fourth-order valence-electron chi connectivity index (χ4n) is 1.33. The highest BCUT2D eigenvalue weighted by atomic mass is 32.2. The number of carboxylic acid groups (broad SMARTS) is 1. The fourth-order valence-corrected chi connectivity index (χ4v) is 2.21. The Morgan fingerprint density at radius 2 is 2.00 bits per heavy atom. The van der Waals surface area contributed by atoms with E-state index in [1.165, 1.54) is 0 Å². The van der Waals surface area contributed by atoms with Crippen molar-refractivity contribution >= 4 is 23.7 Å². The number of benzene rings is 1. The summed E-state index contributed by atoms with van der Waals surface area (Å²) in [5, 5.41) is 8.92. The van der Waals surface area contributed by atoms with E-state index in [0.29, 0.717) is 23.9 Å². The monoisotopic (exact) mass is 308 g/mol. The minimum Gasteiger partial charge on any atom is -0.478 e. The molecule has 0 fully saturated rings. The summed E-state index contributed by atoms with van der Waals surface area (Å²) >= 11 is 0.698. The topological polar surface area (TPSA) is 63.6 Å². The quantitative estimate of drug-likeness (QED) is 0.669. The van der Waals surface area contributed by atoms with Gasteiger partial charge in [0, 0.05) is 4.90 Å². The minimum atomic E-state index is -4.57. The first-order valence-electron chi connectivity index (χ1n) is 5.48. The lowest BCUT2D eigenvalue weighted by atomic mass is 10.1. The average molecular weight is 308 g/mol. The summed E-state index contributed by atoms with van der Waals surface area (Å²) in [7, 11) is 0. The largest absolute Gasteiger partial charge is 0.478 e. The zero-order chi connectivity index (χ0) is 15.3. The summed E-state index contributed by atoms with van der Waals surface area (Å²) < 4.78 is 42.3. The van der Waals surface area contributed by atoms with Crippen molar-refractivity contribution in [2.75, 3.05) is 12.4 Å². The Labute approximate surface area is 116 Å². The molecule has 0 heterocycles. The van der Waals surface area contributed by atoms with Gasteiger partial charge in [-0.2, -0.15) is 13.2 Å². The number of carbonyl (C=O) groups is 2. The van der Waals surface area contributed by atoms with Gasteiger partial charge in [0.2, 0.25) is 0 Å². The Balaban J connectivity index is 3.01. The second-order valence-electron chi connectivity index (χ2n) is 3.61. The van der Waals surface area contributed by atoms with Gasteiger partial charge in [0.05, 0.1) is 23.5 Å². The first-order chi connectivity index (χ1) is 9.25. The summed E-state index contributed by atoms with van der Waals surface area (Å²) in [5.41, 5.74) is -1.25. The van der Waals surface area contributed by atoms with E-state index in [-0.39, 0.29) is 22.8 Å². The van der Waals surface area contributed by atoms with Crippen LogP contribution in [0, 0.1) is 0 Å². The standard InChI is InChI=1S/C12H11F3O4S/c1-2-19-10(16)6-20-9-5-7(12(13,14)15)3-4-8(9)11(17)18/h3-5H,2,6H2,1H3,(H,17,18). The molecule has 0 radical (unpaired) electrons. The summed E-state index contributed by atoms with van der Waals surface area (Å²) in [6.07, 6.45) is -4.57. The van der Waals surface area contributed by atoms with Gasteiger partial charge in [-0.25, -0.2) is 4.79 Å². The molecule has 1 N–H and O–H groups in total. The van der Waals surface area contributed by atoms with E-state index in [4.69, 9.17) is 5.11 Å². The maximum atomic E-state index is 12.6. The van der Waals surface area contributed by atoms with Gasteiger partial charge in [-0.3, -0.25) is 4.79 Å². The van der Waals surface area contributed by atoms with Crippen LogP contribution in [0.4, 0.5) is 13.2 Å². The highest BCUT2D eigenvalue weighted by molar-refractivity contribution is 8.00. The third-order valence-corrected chi connectivity index (χ3v) is 3.22. The molecule has 0 atom stereocenters. The van der Waals surface area contributed by atoms with Crippen molar-refractivity contribution in [2.45, 2.75) is 18.0 Å². The molecule has 0 aliphatic carbocycles. The average Bonchev–Trinajstić information content (AvgIpc) is 2.35.